The summed E-state index contributed by atoms with van der Waals surface area (Å²) in [6.07, 6.45) is 2.35. The van der Waals surface area contributed by atoms with Gasteiger partial charge in [0.1, 0.15) is 0 Å². The van der Waals surface area contributed by atoms with E-state index in [9.17, 15) is 4.79 Å². The third-order valence-electron chi connectivity index (χ3n) is 3.76. The molecule has 0 aromatic carbocycles. The van der Waals surface area contributed by atoms with Crippen molar-refractivity contribution in [2.45, 2.75) is 38.2 Å². The van der Waals surface area contributed by atoms with Crippen LogP contribution in [-0.2, 0) is 9.53 Å². The number of ether oxygens (including phenoxy) is 1. The van der Waals surface area contributed by atoms with E-state index >= 15 is 0 Å². The van der Waals surface area contributed by atoms with Crippen LogP contribution in [-0.4, -0.2) is 48.6 Å². The van der Waals surface area contributed by atoms with Crippen LogP contribution in [0, 0.1) is 6.92 Å². The van der Waals surface area contributed by atoms with Crippen molar-refractivity contribution < 1.29 is 9.53 Å². The summed E-state index contributed by atoms with van der Waals surface area (Å²) in [6, 6.07) is 0. The molecule has 8 heteroatoms. The number of aromatic nitrogens is 1. The fourth-order valence-corrected chi connectivity index (χ4v) is 3.48. The van der Waals surface area contributed by atoms with E-state index in [-0.39, 0.29) is 36.8 Å². The maximum atomic E-state index is 12.3. The average molecular weight is 370 g/mol. The van der Waals surface area contributed by atoms with Gasteiger partial charge in [0.15, 0.2) is 0 Å². The topological polar surface area (TPSA) is 68.5 Å². The molecule has 128 valence electrons. The zero-order chi connectivity index (χ0) is 14.5. The Morgan fingerprint density at radius 2 is 2.32 bits per heavy atom. The Morgan fingerprint density at radius 1 is 1.59 bits per heavy atom. The van der Waals surface area contributed by atoms with Crippen LogP contribution < -0.4 is 5.73 Å². The van der Waals surface area contributed by atoms with E-state index in [1.165, 1.54) is 0 Å². The fourth-order valence-electron chi connectivity index (χ4n) is 2.55. The summed E-state index contributed by atoms with van der Waals surface area (Å²) in [6.45, 7) is 3.99. The van der Waals surface area contributed by atoms with E-state index in [1.54, 1.807) is 18.4 Å². The van der Waals surface area contributed by atoms with E-state index in [0.29, 0.717) is 18.9 Å². The number of methoxy groups -OCH3 is 1. The van der Waals surface area contributed by atoms with Crippen LogP contribution in [0.5, 0.6) is 0 Å². The molecule has 2 rings (SSSR count). The monoisotopic (exact) mass is 369 g/mol. The predicted molar refractivity (Wildman–Crippen MR) is 94.4 cm³/mol. The molecule has 1 aromatic heterocycles. The summed E-state index contributed by atoms with van der Waals surface area (Å²) >= 11 is 1.70. The van der Waals surface area contributed by atoms with Crippen molar-refractivity contribution in [1.29, 1.82) is 0 Å². The van der Waals surface area contributed by atoms with Crippen LogP contribution in [0.25, 0.3) is 0 Å². The Bertz CT molecular complexity index is 455. The summed E-state index contributed by atoms with van der Waals surface area (Å²) in [4.78, 5) is 18.8. The lowest BCUT2D eigenvalue weighted by Gasteiger charge is -2.32. The Labute approximate surface area is 148 Å². The molecular weight excluding hydrogens is 345 g/mol. The van der Waals surface area contributed by atoms with E-state index < -0.39 is 0 Å². The number of amides is 1. The first-order chi connectivity index (χ1) is 9.63. The van der Waals surface area contributed by atoms with Crippen LogP contribution in [0.15, 0.2) is 5.38 Å². The molecule has 2 heterocycles. The van der Waals surface area contributed by atoms with Gasteiger partial charge in [0.05, 0.1) is 17.5 Å². The van der Waals surface area contributed by atoms with Gasteiger partial charge in [-0.2, -0.15) is 0 Å². The van der Waals surface area contributed by atoms with Crippen molar-refractivity contribution in [3.8, 4) is 0 Å². The Morgan fingerprint density at radius 3 is 2.86 bits per heavy atom. The summed E-state index contributed by atoms with van der Waals surface area (Å²) in [7, 11) is 1.60. The van der Waals surface area contributed by atoms with Gasteiger partial charge in [0.25, 0.3) is 0 Å². The maximum absolute atomic E-state index is 12.3. The van der Waals surface area contributed by atoms with Crippen molar-refractivity contribution in [2.24, 2.45) is 5.73 Å². The number of aryl methyl sites for hydroxylation is 1. The molecule has 1 saturated heterocycles. The molecule has 0 radical (unpaired) electrons. The summed E-state index contributed by atoms with van der Waals surface area (Å²) in [5.41, 5.74) is 6.64. The maximum Gasteiger partial charge on any atom is 0.225 e. The van der Waals surface area contributed by atoms with Gasteiger partial charge in [0, 0.05) is 43.7 Å². The second-order valence-corrected chi connectivity index (χ2v) is 6.19. The molecule has 1 amide bonds. The number of halogens is 2. The smallest absolute Gasteiger partial charge is 0.225 e. The molecule has 1 fully saturated rings. The van der Waals surface area contributed by atoms with Crippen LogP contribution in [0.1, 0.15) is 35.9 Å². The van der Waals surface area contributed by atoms with Gasteiger partial charge in [-0.1, -0.05) is 0 Å². The number of rotatable bonds is 5. The minimum atomic E-state index is -0.176. The highest BCUT2D eigenvalue weighted by atomic mass is 35.5. The molecule has 22 heavy (non-hydrogen) atoms. The molecule has 2 unspecified atom stereocenters. The molecule has 0 spiro atoms. The summed E-state index contributed by atoms with van der Waals surface area (Å²) in [5, 5.41) is 3.23. The minimum Gasteiger partial charge on any atom is -0.380 e. The Kier molecular flexibility index (Phi) is 10.2. The zero-order valence-corrected chi connectivity index (χ0v) is 15.4. The van der Waals surface area contributed by atoms with Crippen LogP contribution in [0.3, 0.4) is 0 Å². The van der Waals surface area contributed by atoms with Crippen LogP contribution in [0.4, 0.5) is 0 Å². The van der Waals surface area contributed by atoms with Gasteiger partial charge in [-0.15, -0.1) is 36.2 Å². The number of hydrogen-bond acceptors (Lipinski definition) is 5. The first-order valence-electron chi connectivity index (χ1n) is 7.06. The van der Waals surface area contributed by atoms with Gasteiger partial charge >= 0.3 is 0 Å². The molecular formula is C14H25Cl2N3O2S. The number of hydrogen-bond donors (Lipinski definition) is 1. The third kappa shape index (κ3) is 5.66. The molecule has 2 atom stereocenters. The molecule has 0 saturated carbocycles. The van der Waals surface area contributed by atoms with Crippen molar-refractivity contribution in [2.75, 3.05) is 26.7 Å². The van der Waals surface area contributed by atoms with Gasteiger partial charge in [-0.3, -0.25) is 4.79 Å². The summed E-state index contributed by atoms with van der Waals surface area (Å²) in [5.74, 6) is 0.519. The molecule has 1 aromatic rings. The van der Waals surface area contributed by atoms with Crippen molar-refractivity contribution in [3.63, 3.8) is 0 Å². The normalized spacial score (nSPS) is 19.0. The first-order valence-corrected chi connectivity index (χ1v) is 7.94. The molecule has 1 aliphatic heterocycles. The number of thiazole rings is 1. The van der Waals surface area contributed by atoms with Gasteiger partial charge in [-0.05, 0) is 19.8 Å². The van der Waals surface area contributed by atoms with Gasteiger partial charge in [0.2, 0.25) is 5.91 Å². The van der Waals surface area contributed by atoms with E-state index in [1.807, 2.05) is 11.8 Å². The lowest BCUT2D eigenvalue weighted by atomic mass is 9.98. The number of nitrogens with two attached hydrogens (primary N) is 1. The van der Waals surface area contributed by atoms with Gasteiger partial charge < -0.3 is 15.4 Å². The van der Waals surface area contributed by atoms with Crippen molar-refractivity contribution >= 4 is 42.1 Å². The van der Waals surface area contributed by atoms with E-state index in [0.717, 1.165) is 36.6 Å². The summed E-state index contributed by atoms with van der Waals surface area (Å²) < 4.78 is 5.19. The predicted octanol–water partition coefficient (Wildman–Crippen LogP) is 2.36. The van der Waals surface area contributed by atoms with Crippen LogP contribution in [0.2, 0.25) is 0 Å². The standard InChI is InChI=1S/C14H23N3O2S.2ClH/c1-10-9-20-14(16-10)11-4-3-5-17(8-11)13(18)6-12(7-15)19-2;;/h9,11-12H,3-8,15H2,1-2H3;2*1H. The molecule has 2 N–H and O–H groups in total. The Balaban J connectivity index is 0.00000220. The first kappa shape index (κ1) is 21.6. The number of carbonyl (C=O) groups excluding carboxylic acids is 1. The number of piperidine rings is 1. The Hall–Kier alpha value is -0.400. The molecule has 1 aliphatic rings. The quantitative estimate of drug-likeness (QED) is 0.864. The minimum absolute atomic E-state index is 0. The number of likely N-dealkylation sites (tertiary alicyclic amines) is 1. The highest BCUT2D eigenvalue weighted by Gasteiger charge is 2.27. The largest absolute Gasteiger partial charge is 0.380 e. The van der Waals surface area contributed by atoms with E-state index in [4.69, 9.17) is 10.5 Å². The molecule has 5 nitrogen and oxygen atoms in total. The zero-order valence-electron chi connectivity index (χ0n) is 13.0. The highest BCUT2D eigenvalue weighted by molar-refractivity contribution is 7.09. The van der Waals surface area contributed by atoms with Crippen molar-refractivity contribution in [3.05, 3.63) is 16.1 Å². The van der Waals surface area contributed by atoms with Crippen molar-refractivity contribution in [1.82, 2.24) is 9.88 Å². The molecule has 0 aliphatic carbocycles. The lowest BCUT2D eigenvalue weighted by Crippen LogP contribution is -2.41. The number of carbonyl (C=O) groups is 1. The highest BCUT2D eigenvalue weighted by Crippen LogP contribution is 2.29. The van der Waals surface area contributed by atoms with Crippen LogP contribution >= 0.6 is 36.2 Å². The fraction of sp³-hybridized carbons (Fsp3) is 0.714. The number of nitrogens with zero attached hydrogens (tertiary/aromatic N) is 2. The average Bonchev–Trinajstić information content (AvgIpc) is 2.91. The second-order valence-electron chi connectivity index (χ2n) is 5.30. The van der Waals surface area contributed by atoms with E-state index in [2.05, 4.69) is 10.4 Å². The lowest BCUT2D eigenvalue weighted by molar-refractivity contribution is -0.134. The van der Waals surface area contributed by atoms with Gasteiger partial charge in [-0.25, -0.2) is 4.98 Å². The molecule has 0 bridgehead atoms. The SMILES string of the molecule is COC(CN)CC(=O)N1CCCC(c2nc(C)cs2)C1.Cl.Cl. The third-order valence-corrected chi connectivity index (χ3v) is 4.88. The second kappa shape index (κ2) is 10.4.